The summed E-state index contributed by atoms with van der Waals surface area (Å²) in [4.78, 5) is 0. The van der Waals surface area contributed by atoms with Gasteiger partial charge in [0.1, 0.15) is 5.75 Å². The van der Waals surface area contributed by atoms with Gasteiger partial charge in [-0.05, 0) is 18.2 Å². The molecule has 0 saturated heterocycles. The van der Waals surface area contributed by atoms with Gasteiger partial charge in [0.15, 0.2) is 6.79 Å². The molecule has 0 aliphatic heterocycles. The molecule has 0 heterocycles. The van der Waals surface area contributed by atoms with Crippen LogP contribution in [-0.4, -0.2) is 13.9 Å². The maximum absolute atomic E-state index is 5.31. The largest absolute Gasteiger partial charge is 0.466 e. The number of ether oxygens (including phenoxy) is 2. The van der Waals surface area contributed by atoms with Crippen molar-refractivity contribution in [1.82, 2.24) is 0 Å². The topological polar surface area (TPSA) is 18.5 Å². The van der Waals surface area contributed by atoms with Crippen LogP contribution in [-0.2, 0) is 4.74 Å². The average Bonchev–Trinajstić information content (AvgIpc) is 2.26. The third kappa shape index (κ3) is 2.29. The summed E-state index contributed by atoms with van der Waals surface area (Å²) < 4.78 is 10.0. The lowest BCUT2D eigenvalue weighted by Gasteiger charge is -2.06. The molecule has 0 aliphatic rings. The summed E-state index contributed by atoms with van der Waals surface area (Å²) in [7, 11) is 1.55. The highest BCUT2D eigenvalue weighted by Gasteiger charge is 2.01. The number of benzene rings is 1. The van der Waals surface area contributed by atoms with Gasteiger partial charge in [-0.3, -0.25) is 0 Å². The van der Waals surface area contributed by atoms with Gasteiger partial charge in [-0.2, -0.15) is 0 Å². The quantitative estimate of drug-likeness (QED) is 0.527. The Labute approximate surface area is 83.8 Å². The molecule has 1 aromatic rings. The van der Waals surface area contributed by atoms with Crippen molar-refractivity contribution in [2.24, 2.45) is 0 Å². The third-order valence-electron chi connectivity index (χ3n) is 1.63. The minimum atomic E-state index is 0.171. The van der Waals surface area contributed by atoms with E-state index in [2.05, 4.69) is 11.8 Å². The van der Waals surface area contributed by atoms with E-state index in [9.17, 15) is 0 Å². The maximum Gasteiger partial charge on any atom is 0.188 e. The van der Waals surface area contributed by atoms with E-state index in [4.69, 9.17) is 22.3 Å². The van der Waals surface area contributed by atoms with Gasteiger partial charge in [-0.25, -0.2) is 0 Å². The number of terminal acetylenes is 2. The summed E-state index contributed by atoms with van der Waals surface area (Å²) in [5, 5.41) is 0. The van der Waals surface area contributed by atoms with E-state index in [0.29, 0.717) is 11.3 Å². The molecule has 0 aromatic heterocycles. The second kappa shape index (κ2) is 4.97. The Balaban J connectivity index is 2.96. The normalized spacial score (nSPS) is 8.79. The van der Waals surface area contributed by atoms with Crippen molar-refractivity contribution in [2.45, 2.75) is 0 Å². The molecule has 0 bridgehead atoms. The molecular weight excluding hydrogens is 176 g/mol. The van der Waals surface area contributed by atoms with Crippen molar-refractivity contribution in [1.29, 1.82) is 0 Å². The smallest absolute Gasteiger partial charge is 0.188 e. The van der Waals surface area contributed by atoms with Crippen molar-refractivity contribution in [2.75, 3.05) is 13.9 Å². The van der Waals surface area contributed by atoms with E-state index in [1.54, 1.807) is 25.3 Å². The molecule has 0 aliphatic carbocycles. The van der Waals surface area contributed by atoms with Crippen molar-refractivity contribution in [3.05, 3.63) is 29.3 Å². The first-order chi connectivity index (χ1) is 6.81. The van der Waals surface area contributed by atoms with Crippen LogP contribution < -0.4 is 4.74 Å². The van der Waals surface area contributed by atoms with E-state index in [-0.39, 0.29) is 6.79 Å². The summed E-state index contributed by atoms with van der Waals surface area (Å²) in [6, 6.07) is 5.24. The van der Waals surface area contributed by atoms with Crippen molar-refractivity contribution >= 4 is 0 Å². The van der Waals surface area contributed by atoms with Crippen LogP contribution in [0.5, 0.6) is 5.75 Å². The van der Waals surface area contributed by atoms with Gasteiger partial charge in [-0.15, -0.1) is 12.8 Å². The van der Waals surface area contributed by atoms with Crippen LogP contribution in [0.2, 0.25) is 0 Å². The minimum Gasteiger partial charge on any atom is -0.466 e. The second-order valence-corrected chi connectivity index (χ2v) is 2.55. The van der Waals surface area contributed by atoms with Crippen molar-refractivity contribution in [3.8, 4) is 30.4 Å². The minimum absolute atomic E-state index is 0.171. The highest BCUT2D eigenvalue weighted by Crippen LogP contribution is 2.18. The Morgan fingerprint density at radius 1 is 1.29 bits per heavy atom. The predicted molar refractivity (Wildman–Crippen MR) is 54.8 cm³/mol. The van der Waals surface area contributed by atoms with Crippen LogP contribution in [0.3, 0.4) is 0 Å². The van der Waals surface area contributed by atoms with Crippen LogP contribution in [0.4, 0.5) is 0 Å². The molecule has 1 rings (SSSR count). The van der Waals surface area contributed by atoms with E-state index in [0.717, 1.165) is 5.56 Å². The van der Waals surface area contributed by atoms with Crippen molar-refractivity contribution < 1.29 is 9.47 Å². The van der Waals surface area contributed by atoms with Gasteiger partial charge in [0, 0.05) is 12.7 Å². The van der Waals surface area contributed by atoms with E-state index >= 15 is 0 Å². The molecule has 0 saturated carbocycles. The molecule has 0 radical (unpaired) electrons. The molecule has 70 valence electrons. The lowest BCUT2D eigenvalue weighted by Crippen LogP contribution is -2.00. The lowest BCUT2D eigenvalue weighted by molar-refractivity contribution is 0.0509. The molecule has 0 N–H and O–H groups in total. The first kappa shape index (κ1) is 10.2. The SMILES string of the molecule is C#Cc1ccc(OCOC)c(C#C)c1. The number of hydrogen-bond donors (Lipinski definition) is 0. The van der Waals surface area contributed by atoms with Crippen LogP contribution >= 0.6 is 0 Å². The first-order valence-corrected chi connectivity index (χ1v) is 4.01. The third-order valence-corrected chi connectivity index (χ3v) is 1.63. The molecule has 2 nitrogen and oxygen atoms in total. The fourth-order valence-corrected chi connectivity index (χ4v) is 0.981. The Bertz CT molecular complexity index is 394. The van der Waals surface area contributed by atoms with E-state index < -0.39 is 0 Å². The van der Waals surface area contributed by atoms with Gasteiger partial charge in [-0.1, -0.05) is 11.8 Å². The Hall–Kier alpha value is -1.90. The number of rotatable bonds is 3. The molecule has 14 heavy (non-hydrogen) atoms. The number of methoxy groups -OCH3 is 1. The molecule has 0 fully saturated rings. The average molecular weight is 186 g/mol. The summed E-state index contributed by atoms with van der Waals surface area (Å²) in [6.45, 7) is 0.171. The maximum atomic E-state index is 5.31. The van der Waals surface area contributed by atoms with Gasteiger partial charge < -0.3 is 9.47 Å². The fourth-order valence-electron chi connectivity index (χ4n) is 0.981. The molecule has 2 heteroatoms. The Morgan fingerprint density at radius 2 is 2.07 bits per heavy atom. The monoisotopic (exact) mass is 186 g/mol. The van der Waals surface area contributed by atoms with Crippen LogP contribution in [0.25, 0.3) is 0 Å². The molecule has 0 atom stereocenters. The summed E-state index contributed by atoms with van der Waals surface area (Å²) >= 11 is 0. The van der Waals surface area contributed by atoms with Gasteiger partial charge in [0.2, 0.25) is 0 Å². The first-order valence-electron chi connectivity index (χ1n) is 4.01. The van der Waals surface area contributed by atoms with Gasteiger partial charge >= 0.3 is 0 Å². The van der Waals surface area contributed by atoms with Gasteiger partial charge in [0.25, 0.3) is 0 Å². The highest BCUT2D eigenvalue weighted by molar-refractivity contribution is 5.50. The molecular formula is C12H10O2. The summed E-state index contributed by atoms with van der Waals surface area (Å²) in [5.74, 6) is 5.61. The number of hydrogen-bond acceptors (Lipinski definition) is 2. The summed E-state index contributed by atoms with van der Waals surface area (Å²) in [6.07, 6.45) is 10.5. The van der Waals surface area contributed by atoms with Gasteiger partial charge in [0.05, 0.1) is 5.56 Å². The molecule has 0 amide bonds. The van der Waals surface area contributed by atoms with Crippen LogP contribution in [0, 0.1) is 24.7 Å². The zero-order valence-corrected chi connectivity index (χ0v) is 7.91. The zero-order chi connectivity index (χ0) is 10.4. The fraction of sp³-hybridized carbons (Fsp3) is 0.167. The summed E-state index contributed by atoms with van der Waals surface area (Å²) in [5.41, 5.74) is 1.38. The zero-order valence-electron chi connectivity index (χ0n) is 7.91. The Morgan fingerprint density at radius 3 is 2.64 bits per heavy atom. The lowest BCUT2D eigenvalue weighted by atomic mass is 10.1. The van der Waals surface area contributed by atoms with Crippen LogP contribution in [0.1, 0.15) is 11.1 Å². The highest BCUT2D eigenvalue weighted by atomic mass is 16.7. The van der Waals surface area contributed by atoms with E-state index in [1.165, 1.54) is 0 Å². The molecule has 0 spiro atoms. The van der Waals surface area contributed by atoms with E-state index in [1.807, 2.05) is 0 Å². The predicted octanol–water partition coefficient (Wildman–Crippen LogP) is 1.63. The molecule has 1 aromatic carbocycles. The molecule has 0 unspecified atom stereocenters. The van der Waals surface area contributed by atoms with Crippen LogP contribution in [0.15, 0.2) is 18.2 Å². The van der Waals surface area contributed by atoms with Crippen molar-refractivity contribution in [3.63, 3.8) is 0 Å². The standard InChI is InChI=1S/C12H10O2/c1-4-10-6-7-12(14-9-13-3)11(5-2)8-10/h1-2,6-8H,9H2,3H3. The second-order valence-electron chi connectivity index (χ2n) is 2.55. The Kier molecular flexibility index (Phi) is 3.61.